The molecule has 0 saturated heterocycles. The average Bonchev–Trinajstić information content (AvgIpc) is 2.54. The van der Waals surface area contributed by atoms with Crippen LogP contribution in [0.2, 0.25) is 0 Å². The van der Waals surface area contributed by atoms with Gasteiger partial charge in [0.15, 0.2) is 0 Å². The van der Waals surface area contributed by atoms with Crippen molar-refractivity contribution < 1.29 is 14.3 Å². The summed E-state index contributed by atoms with van der Waals surface area (Å²) in [6, 6.07) is 12.1. The molecule has 1 aromatic carbocycles. The van der Waals surface area contributed by atoms with E-state index in [9.17, 15) is 4.79 Å². The van der Waals surface area contributed by atoms with Crippen LogP contribution in [0.25, 0.3) is 6.08 Å². The SMILES string of the molecule is CCOC(=O)/C=C/c1cnc(OC)c(Cc2ccccc2)c1. The van der Waals surface area contributed by atoms with Crippen LogP contribution in [0, 0.1) is 0 Å². The molecular formula is C18H19NO3. The second-order valence-electron chi connectivity index (χ2n) is 4.68. The van der Waals surface area contributed by atoms with E-state index in [4.69, 9.17) is 9.47 Å². The maximum Gasteiger partial charge on any atom is 0.330 e. The summed E-state index contributed by atoms with van der Waals surface area (Å²) in [4.78, 5) is 15.7. The number of rotatable bonds is 6. The van der Waals surface area contributed by atoms with E-state index in [2.05, 4.69) is 17.1 Å². The van der Waals surface area contributed by atoms with Crippen molar-refractivity contribution in [1.29, 1.82) is 0 Å². The summed E-state index contributed by atoms with van der Waals surface area (Å²) < 4.78 is 10.2. The molecule has 22 heavy (non-hydrogen) atoms. The molecule has 0 saturated carbocycles. The molecule has 4 nitrogen and oxygen atoms in total. The van der Waals surface area contributed by atoms with Crippen LogP contribution in [0.4, 0.5) is 0 Å². The van der Waals surface area contributed by atoms with Crippen LogP contribution in [0.5, 0.6) is 5.88 Å². The number of ether oxygens (including phenoxy) is 2. The van der Waals surface area contributed by atoms with Crippen LogP contribution >= 0.6 is 0 Å². The minimum absolute atomic E-state index is 0.358. The number of pyridine rings is 1. The summed E-state index contributed by atoms with van der Waals surface area (Å²) in [5, 5.41) is 0. The molecular weight excluding hydrogens is 278 g/mol. The standard InChI is InChI=1S/C18H19NO3/c1-3-22-17(20)10-9-15-12-16(18(21-2)19-13-15)11-14-7-5-4-6-8-14/h4-10,12-13H,3,11H2,1-2H3/b10-9+. The van der Waals surface area contributed by atoms with Gasteiger partial charge >= 0.3 is 5.97 Å². The molecule has 2 rings (SSSR count). The number of esters is 1. The fraction of sp³-hybridized carbons (Fsp3) is 0.222. The molecule has 0 aliphatic carbocycles. The van der Waals surface area contributed by atoms with E-state index in [-0.39, 0.29) is 5.97 Å². The molecule has 0 radical (unpaired) electrons. The van der Waals surface area contributed by atoms with Gasteiger partial charge in [0.2, 0.25) is 5.88 Å². The van der Waals surface area contributed by atoms with E-state index in [0.29, 0.717) is 12.5 Å². The third kappa shape index (κ3) is 4.45. The van der Waals surface area contributed by atoms with Gasteiger partial charge in [0.1, 0.15) is 0 Å². The minimum atomic E-state index is -0.358. The van der Waals surface area contributed by atoms with Gasteiger partial charge in [-0.15, -0.1) is 0 Å². The molecule has 2 aromatic rings. The predicted octanol–water partition coefficient (Wildman–Crippen LogP) is 3.26. The van der Waals surface area contributed by atoms with Gasteiger partial charge in [-0.05, 0) is 30.2 Å². The van der Waals surface area contributed by atoms with Gasteiger partial charge in [0.25, 0.3) is 0 Å². The summed E-state index contributed by atoms with van der Waals surface area (Å²) in [7, 11) is 1.60. The van der Waals surface area contributed by atoms with Crippen molar-refractivity contribution >= 4 is 12.0 Å². The lowest BCUT2D eigenvalue weighted by molar-refractivity contribution is -0.137. The van der Waals surface area contributed by atoms with Gasteiger partial charge in [-0.25, -0.2) is 9.78 Å². The maximum absolute atomic E-state index is 11.4. The monoisotopic (exact) mass is 297 g/mol. The van der Waals surface area contributed by atoms with E-state index >= 15 is 0 Å². The molecule has 4 heteroatoms. The van der Waals surface area contributed by atoms with Crippen molar-refractivity contribution in [2.24, 2.45) is 0 Å². The quantitative estimate of drug-likeness (QED) is 0.606. The van der Waals surface area contributed by atoms with Crippen molar-refractivity contribution in [2.45, 2.75) is 13.3 Å². The summed E-state index contributed by atoms with van der Waals surface area (Å²) >= 11 is 0. The lowest BCUT2D eigenvalue weighted by atomic mass is 10.0. The van der Waals surface area contributed by atoms with E-state index in [0.717, 1.165) is 17.5 Å². The van der Waals surface area contributed by atoms with Crippen molar-refractivity contribution in [1.82, 2.24) is 4.98 Å². The summed E-state index contributed by atoms with van der Waals surface area (Å²) in [6.07, 6.45) is 5.49. The predicted molar refractivity (Wildman–Crippen MR) is 85.7 cm³/mol. The molecule has 1 aromatic heterocycles. The maximum atomic E-state index is 11.4. The first-order chi connectivity index (χ1) is 10.7. The third-order valence-corrected chi connectivity index (χ3v) is 3.08. The number of benzene rings is 1. The lowest BCUT2D eigenvalue weighted by Gasteiger charge is -2.08. The second kappa shape index (κ2) is 7.98. The molecule has 0 fully saturated rings. The average molecular weight is 297 g/mol. The summed E-state index contributed by atoms with van der Waals surface area (Å²) in [6.45, 7) is 2.14. The Bertz CT molecular complexity index is 651. The smallest absolute Gasteiger partial charge is 0.330 e. The summed E-state index contributed by atoms with van der Waals surface area (Å²) in [5.74, 6) is 0.236. The van der Waals surface area contributed by atoms with Gasteiger partial charge in [0.05, 0.1) is 13.7 Å². The zero-order valence-corrected chi connectivity index (χ0v) is 12.8. The highest BCUT2D eigenvalue weighted by atomic mass is 16.5. The van der Waals surface area contributed by atoms with Crippen LogP contribution in [0.3, 0.4) is 0 Å². The number of aromatic nitrogens is 1. The minimum Gasteiger partial charge on any atom is -0.481 e. The zero-order valence-electron chi connectivity index (χ0n) is 12.8. The normalized spacial score (nSPS) is 10.6. The van der Waals surface area contributed by atoms with E-state index in [1.807, 2.05) is 24.3 Å². The van der Waals surface area contributed by atoms with E-state index in [1.165, 1.54) is 11.6 Å². The largest absolute Gasteiger partial charge is 0.481 e. The topological polar surface area (TPSA) is 48.4 Å². The van der Waals surface area contributed by atoms with E-state index < -0.39 is 0 Å². The van der Waals surface area contributed by atoms with Crippen molar-refractivity contribution in [2.75, 3.05) is 13.7 Å². The van der Waals surface area contributed by atoms with Crippen molar-refractivity contribution in [3.63, 3.8) is 0 Å². The molecule has 0 aliphatic rings. The van der Waals surface area contributed by atoms with Crippen molar-refractivity contribution in [3.8, 4) is 5.88 Å². The molecule has 0 bridgehead atoms. The Morgan fingerprint density at radius 1 is 1.27 bits per heavy atom. The number of methoxy groups -OCH3 is 1. The molecule has 0 atom stereocenters. The zero-order chi connectivity index (χ0) is 15.8. The Morgan fingerprint density at radius 3 is 2.73 bits per heavy atom. The van der Waals surface area contributed by atoms with E-state index in [1.54, 1.807) is 26.3 Å². The molecule has 0 unspecified atom stereocenters. The highest BCUT2D eigenvalue weighted by Crippen LogP contribution is 2.20. The first-order valence-electron chi connectivity index (χ1n) is 7.14. The molecule has 0 amide bonds. The molecule has 0 spiro atoms. The summed E-state index contributed by atoms with van der Waals surface area (Å²) in [5.41, 5.74) is 2.98. The van der Waals surface area contributed by atoms with Gasteiger partial charge in [-0.1, -0.05) is 30.3 Å². The van der Waals surface area contributed by atoms with Gasteiger partial charge in [-0.3, -0.25) is 0 Å². The highest BCUT2D eigenvalue weighted by Gasteiger charge is 2.06. The van der Waals surface area contributed by atoms with Crippen LogP contribution in [-0.2, 0) is 16.0 Å². The Kier molecular flexibility index (Phi) is 5.72. The fourth-order valence-corrected chi connectivity index (χ4v) is 2.09. The van der Waals surface area contributed by atoms with Crippen LogP contribution in [0.1, 0.15) is 23.6 Å². The Hall–Kier alpha value is -2.62. The van der Waals surface area contributed by atoms with Gasteiger partial charge in [-0.2, -0.15) is 0 Å². The van der Waals surface area contributed by atoms with Crippen molar-refractivity contribution in [3.05, 3.63) is 65.4 Å². The van der Waals surface area contributed by atoms with Crippen LogP contribution < -0.4 is 4.74 Å². The van der Waals surface area contributed by atoms with Crippen LogP contribution in [0.15, 0.2) is 48.7 Å². The molecule has 114 valence electrons. The highest BCUT2D eigenvalue weighted by molar-refractivity contribution is 5.87. The van der Waals surface area contributed by atoms with Gasteiger partial charge < -0.3 is 9.47 Å². The second-order valence-corrected chi connectivity index (χ2v) is 4.68. The molecule has 0 aliphatic heterocycles. The number of carbonyl (C=O) groups excluding carboxylic acids is 1. The number of nitrogens with zero attached hydrogens (tertiary/aromatic N) is 1. The van der Waals surface area contributed by atoms with Gasteiger partial charge in [0, 0.05) is 24.3 Å². The fourth-order valence-electron chi connectivity index (χ4n) is 2.09. The Labute approximate surface area is 130 Å². The lowest BCUT2D eigenvalue weighted by Crippen LogP contribution is -1.99. The Balaban J connectivity index is 2.21. The first-order valence-corrected chi connectivity index (χ1v) is 7.14. The number of hydrogen-bond donors (Lipinski definition) is 0. The van der Waals surface area contributed by atoms with Crippen LogP contribution in [-0.4, -0.2) is 24.7 Å². The number of carbonyl (C=O) groups is 1. The molecule has 0 N–H and O–H groups in total. The Morgan fingerprint density at radius 2 is 2.05 bits per heavy atom. The number of hydrogen-bond acceptors (Lipinski definition) is 4. The third-order valence-electron chi connectivity index (χ3n) is 3.08. The first kappa shape index (κ1) is 15.8. The molecule has 1 heterocycles.